The smallest absolute Gasteiger partial charge is 0.410 e. The van der Waals surface area contributed by atoms with Gasteiger partial charge in [0.1, 0.15) is 17.3 Å². The van der Waals surface area contributed by atoms with Crippen molar-refractivity contribution in [3.05, 3.63) is 12.3 Å². The third-order valence-electron chi connectivity index (χ3n) is 3.80. The molecule has 0 aliphatic carbocycles. The van der Waals surface area contributed by atoms with Crippen molar-refractivity contribution < 1.29 is 14.3 Å². The van der Waals surface area contributed by atoms with Gasteiger partial charge in [-0.05, 0) is 39.5 Å². The molecule has 1 aliphatic rings. The lowest BCUT2D eigenvalue weighted by Crippen LogP contribution is -2.42. The number of nitrogens with zero attached hydrogens (tertiary/aromatic N) is 3. The van der Waals surface area contributed by atoms with E-state index >= 15 is 0 Å². The van der Waals surface area contributed by atoms with Crippen LogP contribution in [0.4, 0.5) is 10.6 Å². The Morgan fingerprint density at radius 1 is 1.38 bits per heavy atom. The Bertz CT molecular complexity index is 574. The summed E-state index contributed by atoms with van der Waals surface area (Å²) in [6.45, 7) is 7.64. The Morgan fingerprint density at radius 2 is 2.04 bits per heavy atom. The fourth-order valence-electron chi connectivity index (χ4n) is 2.63. The van der Waals surface area contributed by atoms with Crippen LogP contribution in [0.1, 0.15) is 33.6 Å². The number of aromatic nitrogens is 2. The number of hydrogen-bond donors (Lipinski definition) is 1. The Balaban J connectivity index is 1.84. The summed E-state index contributed by atoms with van der Waals surface area (Å²) in [5.74, 6) is 0.711. The van der Waals surface area contributed by atoms with Gasteiger partial charge >= 0.3 is 6.09 Å². The maximum Gasteiger partial charge on any atom is 0.410 e. The molecule has 0 unspecified atom stereocenters. The van der Waals surface area contributed by atoms with Crippen molar-refractivity contribution in [2.24, 2.45) is 5.92 Å². The van der Waals surface area contributed by atoms with Gasteiger partial charge in [-0.25, -0.2) is 9.48 Å². The van der Waals surface area contributed by atoms with Crippen molar-refractivity contribution in [3.63, 3.8) is 0 Å². The Morgan fingerprint density at radius 3 is 2.62 bits per heavy atom. The molecule has 1 aliphatic heterocycles. The molecular formula is C16H25ClN4O3. The SMILES string of the molecule is CC(C)(C)OC(=O)N1CCC(Cn2nccc2NC(=O)CCl)CC1. The van der Waals surface area contributed by atoms with Crippen LogP contribution in [0.3, 0.4) is 0 Å². The predicted octanol–water partition coefficient (Wildman–Crippen LogP) is 2.71. The van der Waals surface area contributed by atoms with E-state index in [4.69, 9.17) is 16.3 Å². The monoisotopic (exact) mass is 356 g/mol. The lowest BCUT2D eigenvalue weighted by Gasteiger charge is -2.33. The summed E-state index contributed by atoms with van der Waals surface area (Å²) in [5.41, 5.74) is -0.474. The second-order valence-electron chi connectivity index (χ2n) is 6.99. The van der Waals surface area contributed by atoms with Gasteiger partial charge in [0.05, 0.1) is 6.20 Å². The van der Waals surface area contributed by atoms with E-state index in [1.54, 1.807) is 21.8 Å². The van der Waals surface area contributed by atoms with Gasteiger partial charge < -0.3 is 15.0 Å². The topological polar surface area (TPSA) is 76.5 Å². The zero-order valence-electron chi connectivity index (χ0n) is 14.4. The molecule has 1 N–H and O–H groups in total. The zero-order valence-corrected chi connectivity index (χ0v) is 15.2. The number of carbonyl (C=O) groups is 2. The second kappa shape index (κ2) is 7.88. The van der Waals surface area contributed by atoms with Crippen molar-refractivity contribution in [2.75, 3.05) is 24.3 Å². The van der Waals surface area contributed by atoms with E-state index in [2.05, 4.69) is 10.4 Å². The molecule has 2 rings (SSSR count). The molecule has 24 heavy (non-hydrogen) atoms. The van der Waals surface area contributed by atoms with Crippen LogP contribution in [-0.2, 0) is 16.1 Å². The summed E-state index contributed by atoms with van der Waals surface area (Å²) in [6.07, 6.45) is 3.15. The molecule has 7 nitrogen and oxygen atoms in total. The number of nitrogens with one attached hydrogen (secondary N) is 1. The molecule has 0 spiro atoms. The van der Waals surface area contributed by atoms with E-state index in [0.29, 0.717) is 31.4 Å². The Labute approximate surface area is 147 Å². The number of carbonyl (C=O) groups excluding carboxylic acids is 2. The lowest BCUT2D eigenvalue weighted by molar-refractivity contribution is -0.114. The first-order valence-electron chi connectivity index (χ1n) is 8.14. The number of anilines is 1. The average Bonchev–Trinajstić information content (AvgIpc) is 2.93. The first-order chi connectivity index (χ1) is 11.3. The fraction of sp³-hybridized carbons (Fsp3) is 0.688. The average molecular weight is 357 g/mol. The molecule has 0 atom stereocenters. The summed E-state index contributed by atoms with van der Waals surface area (Å²) >= 11 is 5.51. The highest BCUT2D eigenvalue weighted by molar-refractivity contribution is 6.29. The van der Waals surface area contributed by atoms with Crippen LogP contribution in [0.5, 0.6) is 0 Å². The van der Waals surface area contributed by atoms with Gasteiger partial charge in [0.25, 0.3) is 0 Å². The maximum atomic E-state index is 12.1. The van der Waals surface area contributed by atoms with E-state index in [0.717, 1.165) is 12.8 Å². The largest absolute Gasteiger partial charge is 0.444 e. The van der Waals surface area contributed by atoms with Gasteiger partial charge in [-0.2, -0.15) is 5.10 Å². The highest BCUT2D eigenvalue weighted by Gasteiger charge is 2.27. The molecule has 2 heterocycles. The molecule has 2 amide bonds. The maximum absolute atomic E-state index is 12.1. The highest BCUT2D eigenvalue weighted by Crippen LogP contribution is 2.22. The number of hydrogen-bond acceptors (Lipinski definition) is 4. The van der Waals surface area contributed by atoms with Crippen molar-refractivity contribution >= 4 is 29.4 Å². The van der Waals surface area contributed by atoms with Crippen LogP contribution >= 0.6 is 11.6 Å². The Hall–Kier alpha value is -1.76. The van der Waals surface area contributed by atoms with E-state index in [-0.39, 0.29) is 17.9 Å². The summed E-state index contributed by atoms with van der Waals surface area (Å²) in [4.78, 5) is 25.2. The van der Waals surface area contributed by atoms with Gasteiger partial charge in [0.2, 0.25) is 5.91 Å². The third kappa shape index (κ3) is 5.40. The summed E-state index contributed by atoms with van der Waals surface area (Å²) in [5, 5.41) is 6.98. The molecule has 1 aromatic heterocycles. The standard InChI is InChI=1S/C16H25ClN4O3/c1-16(2,3)24-15(23)20-8-5-12(6-9-20)11-21-13(4-7-18-21)19-14(22)10-17/h4,7,12H,5-6,8-11H2,1-3H3,(H,19,22). The molecule has 1 fully saturated rings. The van der Waals surface area contributed by atoms with E-state index in [1.165, 1.54) is 0 Å². The lowest BCUT2D eigenvalue weighted by atomic mass is 9.97. The van der Waals surface area contributed by atoms with E-state index < -0.39 is 5.60 Å². The van der Waals surface area contributed by atoms with Gasteiger partial charge in [0, 0.05) is 25.7 Å². The van der Waals surface area contributed by atoms with Crippen molar-refractivity contribution in [1.82, 2.24) is 14.7 Å². The molecule has 0 aromatic carbocycles. The zero-order chi connectivity index (χ0) is 17.7. The van der Waals surface area contributed by atoms with Crippen molar-refractivity contribution in [3.8, 4) is 0 Å². The second-order valence-corrected chi connectivity index (χ2v) is 7.26. The highest BCUT2D eigenvalue weighted by atomic mass is 35.5. The first kappa shape index (κ1) is 18.6. The molecule has 1 aromatic rings. The number of piperidine rings is 1. The summed E-state index contributed by atoms with van der Waals surface area (Å²) in [6, 6.07) is 1.75. The molecular weight excluding hydrogens is 332 g/mol. The molecule has 0 bridgehead atoms. The fourth-order valence-corrected chi connectivity index (χ4v) is 2.70. The van der Waals surface area contributed by atoms with Gasteiger partial charge in [-0.3, -0.25) is 4.79 Å². The minimum Gasteiger partial charge on any atom is -0.444 e. The normalized spacial score (nSPS) is 16.1. The molecule has 0 radical (unpaired) electrons. The number of ether oxygens (including phenoxy) is 1. The number of likely N-dealkylation sites (tertiary alicyclic amines) is 1. The summed E-state index contributed by atoms with van der Waals surface area (Å²) < 4.78 is 7.18. The first-order valence-corrected chi connectivity index (χ1v) is 8.67. The van der Waals surface area contributed by atoms with Crippen LogP contribution in [0.2, 0.25) is 0 Å². The Kier molecular flexibility index (Phi) is 6.10. The number of rotatable bonds is 4. The third-order valence-corrected chi connectivity index (χ3v) is 4.05. The quantitative estimate of drug-likeness (QED) is 0.841. The molecule has 1 saturated heterocycles. The van der Waals surface area contributed by atoms with Crippen LogP contribution < -0.4 is 5.32 Å². The minimum absolute atomic E-state index is 0.0839. The predicted molar refractivity (Wildman–Crippen MR) is 92.1 cm³/mol. The molecule has 134 valence electrons. The number of halogens is 1. The molecule has 8 heteroatoms. The van der Waals surface area contributed by atoms with Crippen LogP contribution in [0.15, 0.2) is 12.3 Å². The summed E-state index contributed by atoms with van der Waals surface area (Å²) in [7, 11) is 0. The molecule has 0 saturated carbocycles. The van der Waals surface area contributed by atoms with Crippen LogP contribution in [0, 0.1) is 5.92 Å². The van der Waals surface area contributed by atoms with E-state index in [9.17, 15) is 9.59 Å². The van der Waals surface area contributed by atoms with Gasteiger partial charge in [-0.15, -0.1) is 11.6 Å². The van der Waals surface area contributed by atoms with Gasteiger partial charge in [0.15, 0.2) is 0 Å². The van der Waals surface area contributed by atoms with Gasteiger partial charge in [-0.1, -0.05) is 0 Å². The minimum atomic E-state index is -0.474. The van der Waals surface area contributed by atoms with E-state index in [1.807, 2.05) is 20.8 Å². The number of amides is 2. The van der Waals surface area contributed by atoms with Crippen LogP contribution in [-0.4, -0.2) is 51.3 Å². The van der Waals surface area contributed by atoms with Crippen LogP contribution in [0.25, 0.3) is 0 Å². The van der Waals surface area contributed by atoms with Crippen molar-refractivity contribution in [1.29, 1.82) is 0 Å². The number of alkyl halides is 1. The van der Waals surface area contributed by atoms with Crippen molar-refractivity contribution in [2.45, 2.75) is 45.8 Å².